The Bertz CT molecular complexity index is 699. The molecule has 4 atom stereocenters. The number of hydrogen-bond acceptors (Lipinski definition) is 5. The Balaban J connectivity index is 0.00000289. The topological polar surface area (TPSA) is 80.3 Å². The molecule has 0 aromatic rings. The lowest BCUT2D eigenvalue weighted by Gasteiger charge is -2.20. The molecule has 4 aliphatic rings. The molecule has 2 heterocycles. The van der Waals surface area contributed by atoms with Gasteiger partial charge in [0.25, 0.3) is 0 Å². The van der Waals surface area contributed by atoms with Crippen molar-refractivity contribution in [2.75, 3.05) is 66.0 Å². The van der Waals surface area contributed by atoms with E-state index in [4.69, 9.17) is 0 Å². The molecule has 2 bridgehead atoms. The van der Waals surface area contributed by atoms with Crippen molar-refractivity contribution in [1.82, 2.24) is 25.3 Å². The molecular formula is C23H39IN6O2. The van der Waals surface area contributed by atoms with Gasteiger partial charge >= 0.3 is 0 Å². The summed E-state index contributed by atoms with van der Waals surface area (Å²) in [6.45, 7) is 10.2. The van der Waals surface area contributed by atoms with Crippen molar-refractivity contribution in [1.29, 1.82) is 0 Å². The highest BCUT2D eigenvalue weighted by atomic mass is 127. The zero-order chi connectivity index (χ0) is 21.8. The number of imide groups is 1. The van der Waals surface area contributed by atoms with Gasteiger partial charge in [-0.3, -0.25) is 19.5 Å². The van der Waals surface area contributed by atoms with Crippen molar-refractivity contribution in [2.45, 2.75) is 26.2 Å². The molecule has 32 heavy (non-hydrogen) atoms. The quantitative estimate of drug-likeness (QED) is 0.116. The largest absolute Gasteiger partial charge is 0.357 e. The number of halogens is 1. The first kappa shape index (κ1) is 25.4. The lowest BCUT2D eigenvalue weighted by molar-refractivity contribution is -0.140. The van der Waals surface area contributed by atoms with Crippen LogP contribution < -0.4 is 10.6 Å². The number of carbonyl (C=O) groups excluding carboxylic acids is 2. The summed E-state index contributed by atoms with van der Waals surface area (Å²) in [5.41, 5.74) is 0. The van der Waals surface area contributed by atoms with Crippen LogP contribution in [0.1, 0.15) is 26.2 Å². The molecule has 4 unspecified atom stereocenters. The standard InChI is InChI=1S/C23H38N6O2.HI/c1-3-24-23(25-8-4-11-28-12-5-10-27(2)14-15-28)26-9-13-29-21(30)19-17-6-7-18(16-17)20(19)22(29)31;/h6-7,17-20H,3-5,8-16H2,1-2H3,(H2,24,25,26);1H. The van der Waals surface area contributed by atoms with Crippen LogP contribution in [-0.4, -0.2) is 98.4 Å². The van der Waals surface area contributed by atoms with Crippen LogP contribution >= 0.6 is 24.0 Å². The Morgan fingerprint density at radius 3 is 2.44 bits per heavy atom. The average Bonchev–Trinajstić information content (AvgIpc) is 3.39. The van der Waals surface area contributed by atoms with Crippen molar-refractivity contribution in [2.24, 2.45) is 28.7 Å². The highest BCUT2D eigenvalue weighted by molar-refractivity contribution is 14.0. The van der Waals surface area contributed by atoms with E-state index in [1.165, 1.54) is 24.4 Å². The van der Waals surface area contributed by atoms with Gasteiger partial charge in [0, 0.05) is 39.3 Å². The first-order chi connectivity index (χ1) is 15.1. The lowest BCUT2D eigenvalue weighted by atomic mass is 9.85. The fourth-order valence-corrected chi connectivity index (χ4v) is 5.62. The van der Waals surface area contributed by atoms with E-state index in [9.17, 15) is 9.59 Å². The first-order valence-corrected chi connectivity index (χ1v) is 12.0. The number of rotatable bonds is 8. The highest BCUT2D eigenvalue weighted by Crippen LogP contribution is 2.52. The molecule has 3 fully saturated rings. The van der Waals surface area contributed by atoms with Crippen LogP contribution in [0.25, 0.3) is 0 Å². The zero-order valence-corrected chi connectivity index (χ0v) is 21.8. The maximum absolute atomic E-state index is 12.8. The van der Waals surface area contributed by atoms with Crippen LogP contribution in [0.5, 0.6) is 0 Å². The maximum atomic E-state index is 12.8. The fourth-order valence-electron chi connectivity index (χ4n) is 5.62. The molecular weight excluding hydrogens is 519 g/mol. The molecule has 0 radical (unpaired) electrons. The molecule has 2 amide bonds. The van der Waals surface area contributed by atoms with Crippen LogP contribution in [0.15, 0.2) is 17.1 Å². The van der Waals surface area contributed by atoms with E-state index < -0.39 is 0 Å². The smallest absolute Gasteiger partial charge is 0.233 e. The van der Waals surface area contributed by atoms with E-state index in [2.05, 4.69) is 44.6 Å². The van der Waals surface area contributed by atoms with E-state index in [0.29, 0.717) is 13.1 Å². The molecule has 8 nitrogen and oxygen atoms in total. The van der Waals surface area contributed by atoms with Crippen molar-refractivity contribution >= 4 is 41.8 Å². The van der Waals surface area contributed by atoms with Gasteiger partial charge in [-0.25, -0.2) is 0 Å². The number of carbonyl (C=O) groups is 2. The monoisotopic (exact) mass is 558 g/mol. The molecule has 2 saturated heterocycles. The van der Waals surface area contributed by atoms with Crippen molar-refractivity contribution in [3.05, 3.63) is 12.2 Å². The number of likely N-dealkylation sites (tertiary alicyclic amines) is 1. The molecule has 4 rings (SSSR count). The molecule has 2 N–H and O–H groups in total. The minimum Gasteiger partial charge on any atom is -0.357 e. The number of aliphatic imine (C=N–C) groups is 1. The second-order valence-electron chi connectivity index (χ2n) is 9.37. The second-order valence-corrected chi connectivity index (χ2v) is 9.37. The molecule has 2 aliphatic carbocycles. The third-order valence-electron chi connectivity index (χ3n) is 7.25. The number of nitrogens with one attached hydrogen (secondary N) is 2. The van der Waals surface area contributed by atoms with Gasteiger partial charge in [0.15, 0.2) is 5.96 Å². The van der Waals surface area contributed by atoms with Gasteiger partial charge in [0.1, 0.15) is 0 Å². The minimum absolute atomic E-state index is 0. The van der Waals surface area contributed by atoms with Crippen LogP contribution in [0.4, 0.5) is 0 Å². The fraction of sp³-hybridized carbons (Fsp3) is 0.783. The van der Waals surface area contributed by atoms with Crippen molar-refractivity contribution in [3.8, 4) is 0 Å². The molecule has 0 aromatic heterocycles. The number of likely N-dealkylation sites (N-methyl/N-ethyl adjacent to an activating group) is 1. The summed E-state index contributed by atoms with van der Waals surface area (Å²) in [7, 11) is 2.19. The normalized spacial score (nSPS) is 30.4. The van der Waals surface area contributed by atoms with Gasteiger partial charge in [0.2, 0.25) is 11.8 Å². The van der Waals surface area contributed by atoms with E-state index in [0.717, 1.165) is 51.5 Å². The van der Waals surface area contributed by atoms with Crippen LogP contribution in [-0.2, 0) is 9.59 Å². The summed E-state index contributed by atoms with van der Waals surface area (Å²) in [5, 5.41) is 6.57. The first-order valence-electron chi connectivity index (χ1n) is 12.0. The SMILES string of the molecule is CCNC(=NCCCN1CCCN(C)CC1)NCCN1C(=O)C2C3C=CC(C3)C2C1=O.I. The van der Waals surface area contributed by atoms with Crippen LogP contribution in [0, 0.1) is 23.7 Å². The van der Waals surface area contributed by atoms with E-state index in [-0.39, 0.29) is 59.5 Å². The number of fused-ring (bicyclic) bond motifs is 5. The Morgan fingerprint density at radius 1 is 1.03 bits per heavy atom. The second kappa shape index (κ2) is 11.8. The van der Waals surface area contributed by atoms with Gasteiger partial charge < -0.3 is 20.4 Å². The molecule has 180 valence electrons. The predicted octanol–water partition coefficient (Wildman–Crippen LogP) is 0.994. The average molecular weight is 559 g/mol. The van der Waals surface area contributed by atoms with Gasteiger partial charge in [-0.05, 0) is 64.7 Å². The maximum Gasteiger partial charge on any atom is 0.233 e. The Labute approximate surface area is 209 Å². The molecule has 0 aromatic carbocycles. The Morgan fingerprint density at radius 2 is 1.75 bits per heavy atom. The summed E-state index contributed by atoms with van der Waals surface area (Å²) in [6.07, 6.45) is 7.52. The Kier molecular flexibility index (Phi) is 9.36. The number of amides is 2. The van der Waals surface area contributed by atoms with E-state index in [1.54, 1.807) is 0 Å². The summed E-state index contributed by atoms with van der Waals surface area (Å²) in [4.78, 5) is 36.7. The third-order valence-corrected chi connectivity index (χ3v) is 7.25. The third kappa shape index (κ3) is 5.64. The molecule has 9 heteroatoms. The summed E-state index contributed by atoms with van der Waals surface area (Å²) >= 11 is 0. The summed E-state index contributed by atoms with van der Waals surface area (Å²) in [6, 6.07) is 0. The van der Waals surface area contributed by atoms with Crippen LogP contribution in [0.3, 0.4) is 0 Å². The van der Waals surface area contributed by atoms with E-state index >= 15 is 0 Å². The van der Waals surface area contributed by atoms with Gasteiger partial charge in [-0.2, -0.15) is 0 Å². The molecule has 2 aliphatic heterocycles. The number of hydrogen-bond donors (Lipinski definition) is 2. The van der Waals surface area contributed by atoms with Crippen molar-refractivity contribution < 1.29 is 9.59 Å². The minimum atomic E-state index is -0.108. The lowest BCUT2D eigenvalue weighted by Crippen LogP contribution is -2.43. The Hall–Kier alpha value is -1.20. The molecule has 1 saturated carbocycles. The van der Waals surface area contributed by atoms with Crippen LogP contribution in [0.2, 0.25) is 0 Å². The molecule has 0 spiro atoms. The summed E-state index contributed by atoms with van der Waals surface area (Å²) < 4.78 is 0. The predicted molar refractivity (Wildman–Crippen MR) is 137 cm³/mol. The summed E-state index contributed by atoms with van der Waals surface area (Å²) in [5.74, 6) is 1.14. The van der Waals surface area contributed by atoms with Crippen molar-refractivity contribution in [3.63, 3.8) is 0 Å². The number of guanidine groups is 1. The van der Waals surface area contributed by atoms with Gasteiger partial charge in [-0.15, -0.1) is 24.0 Å². The number of nitrogens with zero attached hydrogens (tertiary/aromatic N) is 4. The van der Waals surface area contributed by atoms with Gasteiger partial charge in [-0.1, -0.05) is 12.2 Å². The number of allylic oxidation sites excluding steroid dienone is 2. The van der Waals surface area contributed by atoms with Gasteiger partial charge in [0.05, 0.1) is 11.8 Å². The highest BCUT2D eigenvalue weighted by Gasteiger charge is 2.58. The zero-order valence-electron chi connectivity index (χ0n) is 19.5. The van der Waals surface area contributed by atoms with E-state index in [1.807, 2.05) is 6.92 Å².